The first-order chi connectivity index (χ1) is 11.6. The Hall–Kier alpha value is -2.18. The highest BCUT2D eigenvalue weighted by atomic mass is 16.6. The number of likely N-dealkylation sites (N-methyl/N-ethyl adjacent to an activating group) is 1. The van der Waals surface area contributed by atoms with E-state index in [9.17, 15) is 10.1 Å². The average molecular weight is 328 g/mol. The molecule has 0 N–H and O–H groups in total. The summed E-state index contributed by atoms with van der Waals surface area (Å²) in [5.74, 6) is 0. The molecule has 1 aliphatic rings. The van der Waals surface area contributed by atoms with Crippen LogP contribution in [0.3, 0.4) is 0 Å². The molecule has 6 heteroatoms. The molecule has 128 valence electrons. The van der Waals surface area contributed by atoms with Gasteiger partial charge in [-0.2, -0.15) is 0 Å². The smallest absolute Gasteiger partial charge is 0.293 e. The van der Waals surface area contributed by atoms with Crippen LogP contribution < -0.4 is 0 Å². The third-order valence-corrected chi connectivity index (χ3v) is 4.67. The molecule has 0 spiro atoms. The van der Waals surface area contributed by atoms with Gasteiger partial charge in [0.25, 0.3) is 5.69 Å². The number of nitro groups is 1. The Labute approximate surface area is 142 Å². The molecular formula is C18H24N4O2. The van der Waals surface area contributed by atoms with Gasteiger partial charge in [-0.25, -0.2) is 0 Å². The third kappa shape index (κ3) is 3.83. The molecule has 1 aliphatic heterocycles. The van der Waals surface area contributed by atoms with Gasteiger partial charge in [-0.15, -0.1) is 0 Å². The summed E-state index contributed by atoms with van der Waals surface area (Å²) >= 11 is 0. The lowest BCUT2D eigenvalue weighted by atomic mass is 10.2. The summed E-state index contributed by atoms with van der Waals surface area (Å²) in [6.45, 7) is 5.60. The summed E-state index contributed by atoms with van der Waals surface area (Å²) in [7, 11) is 2.16. The summed E-state index contributed by atoms with van der Waals surface area (Å²) in [5, 5.41) is 11.3. The van der Waals surface area contributed by atoms with Crippen molar-refractivity contribution >= 4 is 5.69 Å². The number of hydrogen-bond acceptors (Lipinski definition) is 4. The minimum Gasteiger partial charge on any atom is -0.315 e. The van der Waals surface area contributed by atoms with E-state index in [1.807, 2.05) is 29.0 Å². The van der Waals surface area contributed by atoms with Gasteiger partial charge in [0, 0.05) is 44.1 Å². The summed E-state index contributed by atoms with van der Waals surface area (Å²) in [6, 6.07) is 10.9. The van der Waals surface area contributed by atoms with Crippen LogP contribution in [0.1, 0.15) is 12.1 Å². The molecule has 2 heterocycles. The Balaban J connectivity index is 1.65. The fourth-order valence-electron chi connectivity index (χ4n) is 3.23. The van der Waals surface area contributed by atoms with Gasteiger partial charge in [-0.05, 0) is 44.6 Å². The minimum atomic E-state index is -0.316. The third-order valence-electron chi connectivity index (χ3n) is 4.67. The first-order valence-corrected chi connectivity index (χ1v) is 8.46. The van der Waals surface area contributed by atoms with E-state index in [-0.39, 0.29) is 10.6 Å². The normalized spacial score (nSPS) is 16.4. The molecule has 1 saturated heterocycles. The topological polar surface area (TPSA) is 54.5 Å². The predicted molar refractivity (Wildman–Crippen MR) is 94.7 cm³/mol. The second-order valence-electron chi connectivity index (χ2n) is 6.36. The van der Waals surface area contributed by atoms with E-state index in [4.69, 9.17) is 0 Å². The van der Waals surface area contributed by atoms with Crippen LogP contribution in [0.5, 0.6) is 0 Å². The van der Waals surface area contributed by atoms with Crippen molar-refractivity contribution in [3.63, 3.8) is 0 Å². The molecule has 0 atom stereocenters. The van der Waals surface area contributed by atoms with Crippen LogP contribution in [0, 0.1) is 10.1 Å². The fourth-order valence-corrected chi connectivity index (χ4v) is 3.23. The van der Waals surface area contributed by atoms with Gasteiger partial charge < -0.3 is 14.4 Å². The number of nitrogens with zero attached hydrogens (tertiary/aromatic N) is 4. The molecule has 1 fully saturated rings. The number of benzene rings is 1. The average Bonchev–Trinajstić information content (AvgIpc) is 3.05. The molecule has 1 aromatic carbocycles. The molecular weight excluding hydrogens is 304 g/mol. The van der Waals surface area contributed by atoms with Crippen molar-refractivity contribution in [3.05, 3.63) is 58.4 Å². The van der Waals surface area contributed by atoms with Gasteiger partial charge in [0.1, 0.15) is 5.69 Å². The van der Waals surface area contributed by atoms with Crippen LogP contribution in [0.15, 0.2) is 42.6 Å². The maximum absolute atomic E-state index is 11.3. The van der Waals surface area contributed by atoms with Gasteiger partial charge in [0.15, 0.2) is 0 Å². The zero-order valence-electron chi connectivity index (χ0n) is 14.1. The first kappa shape index (κ1) is 16.7. The van der Waals surface area contributed by atoms with Crippen molar-refractivity contribution in [2.24, 2.45) is 0 Å². The van der Waals surface area contributed by atoms with E-state index in [0.29, 0.717) is 5.69 Å². The fraction of sp³-hybridized carbons (Fsp3) is 0.444. The number of piperazine rings is 1. The van der Waals surface area contributed by atoms with Crippen LogP contribution in [0.4, 0.5) is 5.69 Å². The molecule has 0 unspecified atom stereocenters. The van der Waals surface area contributed by atoms with Gasteiger partial charge in [0.2, 0.25) is 0 Å². The van der Waals surface area contributed by atoms with E-state index >= 15 is 0 Å². The minimum absolute atomic E-state index is 0.147. The molecule has 0 saturated carbocycles. The summed E-state index contributed by atoms with van der Waals surface area (Å²) in [4.78, 5) is 15.8. The summed E-state index contributed by atoms with van der Waals surface area (Å²) in [5.41, 5.74) is 1.91. The summed E-state index contributed by atoms with van der Waals surface area (Å²) < 4.78 is 1.95. The van der Waals surface area contributed by atoms with E-state index in [2.05, 4.69) is 22.9 Å². The van der Waals surface area contributed by atoms with Crippen LogP contribution in [-0.4, -0.2) is 59.1 Å². The summed E-state index contributed by atoms with van der Waals surface area (Å²) in [6.07, 6.45) is 3.90. The lowest BCUT2D eigenvalue weighted by Crippen LogP contribution is -2.44. The van der Waals surface area contributed by atoms with Gasteiger partial charge in [0.05, 0.1) is 4.92 Å². The Morgan fingerprint density at radius 2 is 1.83 bits per heavy atom. The first-order valence-electron chi connectivity index (χ1n) is 8.46. The molecule has 0 radical (unpaired) electrons. The molecule has 0 amide bonds. The van der Waals surface area contributed by atoms with E-state index in [1.54, 1.807) is 12.1 Å². The standard InChI is InChI=1S/C18H24N4O2/c1-19-12-14-20(15-13-19)10-4-6-16-7-5-11-21(16)17-8-2-3-9-18(17)22(23)24/h2-3,5,7-9,11H,4,6,10,12-15H2,1H3. The van der Waals surface area contributed by atoms with Crippen molar-refractivity contribution in [2.45, 2.75) is 12.8 Å². The zero-order chi connectivity index (χ0) is 16.9. The number of hydrogen-bond donors (Lipinski definition) is 0. The monoisotopic (exact) mass is 328 g/mol. The van der Waals surface area contributed by atoms with Gasteiger partial charge in [-0.3, -0.25) is 10.1 Å². The molecule has 0 aliphatic carbocycles. The molecule has 6 nitrogen and oxygen atoms in total. The van der Waals surface area contributed by atoms with Crippen molar-refractivity contribution in [3.8, 4) is 5.69 Å². The molecule has 1 aromatic heterocycles. The van der Waals surface area contributed by atoms with Crippen LogP contribution >= 0.6 is 0 Å². The quantitative estimate of drug-likeness (QED) is 0.604. The molecule has 2 aromatic rings. The molecule has 3 rings (SSSR count). The lowest BCUT2D eigenvalue weighted by molar-refractivity contribution is -0.384. The highest BCUT2D eigenvalue weighted by molar-refractivity contribution is 5.53. The van der Waals surface area contributed by atoms with Crippen molar-refractivity contribution in [1.29, 1.82) is 0 Å². The Bertz CT molecular complexity index is 690. The van der Waals surface area contributed by atoms with Crippen molar-refractivity contribution < 1.29 is 4.92 Å². The van der Waals surface area contributed by atoms with Crippen LogP contribution in [0.25, 0.3) is 5.69 Å². The number of rotatable bonds is 6. The van der Waals surface area contributed by atoms with E-state index in [1.165, 1.54) is 0 Å². The van der Waals surface area contributed by atoms with E-state index < -0.39 is 0 Å². The van der Waals surface area contributed by atoms with Gasteiger partial charge in [-0.1, -0.05) is 12.1 Å². The van der Waals surface area contributed by atoms with Crippen molar-refractivity contribution in [1.82, 2.24) is 14.4 Å². The van der Waals surface area contributed by atoms with Crippen LogP contribution in [0.2, 0.25) is 0 Å². The maximum Gasteiger partial charge on any atom is 0.293 e. The van der Waals surface area contributed by atoms with Crippen LogP contribution in [-0.2, 0) is 6.42 Å². The Morgan fingerprint density at radius 1 is 1.08 bits per heavy atom. The second-order valence-corrected chi connectivity index (χ2v) is 6.36. The molecule has 0 bridgehead atoms. The number of nitro benzene ring substituents is 1. The van der Waals surface area contributed by atoms with E-state index in [0.717, 1.165) is 51.3 Å². The Kier molecular flexibility index (Phi) is 5.27. The lowest BCUT2D eigenvalue weighted by Gasteiger charge is -2.32. The van der Waals surface area contributed by atoms with Gasteiger partial charge >= 0.3 is 0 Å². The number of aromatic nitrogens is 1. The number of aryl methyl sites for hydroxylation is 1. The molecule has 24 heavy (non-hydrogen) atoms. The highest BCUT2D eigenvalue weighted by Crippen LogP contribution is 2.24. The SMILES string of the molecule is CN1CCN(CCCc2cccn2-c2ccccc2[N+](=O)[O-])CC1. The maximum atomic E-state index is 11.3. The zero-order valence-corrected chi connectivity index (χ0v) is 14.1. The predicted octanol–water partition coefficient (Wildman–Crippen LogP) is 2.57. The number of para-hydroxylation sites is 2. The largest absolute Gasteiger partial charge is 0.315 e. The second kappa shape index (κ2) is 7.59. The highest BCUT2D eigenvalue weighted by Gasteiger charge is 2.16. The van der Waals surface area contributed by atoms with Crippen molar-refractivity contribution in [2.75, 3.05) is 39.8 Å². The Morgan fingerprint density at radius 3 is 2.58 bits per heavy atom.